The Kier molecular flexibility index (Phi) is 3.16. The molecule has 0 saturated heterocycles. The maximum absolute atomic E-state index is 13.9. The molecule has 2 aromatic rings. The minimum absolute atomic E-state index is 0.358. The lowest BCUT2D eigenvalue weighted by Crippen LogP contribution is -2.01. The molecule has 0 N–H and O–H groups in total. The molecule has 5 heteroatoms. The molecule has 1 aliphatic rings. The van der Waals surface area contributed by atoms with Gasteiger partial charge in [0.1, 0.15) is 16.1 Å². The molecule has 1 aliphatic carbocycles. The molecule has 0 aliphatic heterocycles. The van der Waals surface area contributed by atoms with Crippen LogP contribution in [0.25, 0.3) is 5.69 Å². The van der Waals surface area contributed by atoms with Crippen molar-refractivity contribution in [1.29, 1.82) is 0 Å². The van der Waals surface area contributed by atoms with Crippen LogP contribution in [0.3, 0.4) is 0 Å². The van der Waals surface area contributed by atoms with Crippen LogP contribution in [-0.2, 0) is 12.8 Å². The molecule has 0 spiro atoms. The fraction of sp³-hybridized carbons (Fsp3) is 0.308. The zero-order valence-corrected chi connectivity index (χ0v) is 11.9. The SMILES string of the molecule is Fc1cc(Cl)ccc1-n1nc2c(c1Br)CCCC2. The van der Waals surface area contributed by atoms with Crippen molar-refractivity contribution in [3.8, 4) is 5.69 Å². The molecule has 1 aromatic heterocycles. The van der Waals surface area contributed by atoms with Gasteiger partial charge in [0, 0.05) is 10.6 Å². The predicted molar refractivity (Wildman–Crippen MR) is 72.9 cm³/mol. The van der Waals surface area contributed by atoms with Crippen molar-refractivity contribution in [2.24, 2.45) is 0 Å². The summed E-state index contributed by atoms with van der Waals surface area (Å²) < 4.78 is 16.4. The summed E-state index contributed by atoms with van der Waals surface area (Å²) in [4.78, 5) is 0. The zero-order valence-electron chi connectivity index (χ0n) is 9.59. The van der Waals surface area contributed by atoms with Crippen LogP contribution in [0, 0.1) is 5.82 Å². The largest absolute Gasteiger partial charge is 0.223 e. The Morgan fingerprint density at radius 1 is 1.28 bits per heavy atom. The van der Waals surface area contributed by atoms with Crippen LogP contribution in [0.5, 0.6) is 0 Å². The highest BCUT2D eigenvalue weighted by atomic mass is 79.9. The number of halogens is 3. The number of benzene rings is 1. The van der Waals surface area contributed by atoms with Gasteiger partial charge in [-0.1, -0.05) is 11.6 Å². The van der Waals surface area contributed by atoms with Crippen LogP contribution in [0.1, 0.15) is 24.1 Å². The molecule has 0 radical (unpaired) electrons. The second-order valence-electron chi connectivity index (χ2n) is 4.43. The topological polar surface area (TPSA) is 17.8 Å². The fourth-order valence-electron chi connectivity index (χ4n) is 2.33. The molecule has 1 aromatic carbocycles. The number of fused-ring (bicyclic) bond motifs is 1. The molecule has 1 heterocycles. The van der Waals surface area contributed by atoms with Gasteiger partial charge in [0.2, 0.25) is 0 Å². The Hall–Kier alpha value is -0.870. The van der Waals surface area contributed by atoms with Crippen LogP contribution >= 0.6 is 27.5 Å². The minimum Gasteiger partial charge on any atom is -0.223 e. The summed E-state index contributed by atoms with van der Waals surface area (Å²) in [6.07, 6.45) is 4.29. The van der Waals surface area contributed by atoms with E-state index in [1.165, 1.54) is 18.1 Å². The molecule has 94 valence electrons. The van der Waals surface area contributed by atoms with Crippen LogP contribution in [0.15, 0.2) is 22.8 Å². The van der Waals surface area contributed by atoms with E-state index < -0.39 is 0 Å². The average molecular weight is 330 g/mol. The fourth-order valence-corrected chi connectivity index (χ4v) is 3.18. The van der Waals surface area contributed by atoms with Gasteiger partial charge in [-0.05, 0) is 59.8 Å². The predicted octanol–water partition coefficient (Wildman–Crippen LogP) is 4.31. The first-order chi connectivity index (χ1) is 8.66. The van der Waals surface area contributed by atoms with E-state index in [1.54, 1.807) is 16.8 Å². The summed E-state index contributed by atoms with van der Waals surface area (Å²) >= 11 is 9.29. The maximum Gasteiger partial charge on any atom is 0.150 e. The number of hydrogen-bond donors (Lipinski definition) is 0. The third-order valence-corrected chi connectivity index (χ3v) is 4.28. The standard InChI is InChI=1S/C13H11BrClFN2/c14-13-9-3-1-2-4-11(9)17-18(13)12-6-5-8(15)7-10(12)16/h5-7H,1-4H2. The molecule has 18 heavy (non-hydrogen) atoms. The summed E-state index contributed by atoms with van der Waals surface area (Å²) in [7, 11) is 0. The Morgan fingerprint density at radius 2 is 2.06 bits per heavy atom. The van der Waals surface area contributed by atoms with Crippen molar-refractivity contribution < 1.29 is 4.39 Å². The van der Waals surface area contributed by atoms with Gasteiger partial charge in [-0.15, -0.1) is 0 Å². The molecule has 0 amide bonds. The molecule has 3 rings (SSSR count). The van der Waals surface area contributed by atoms with Crippen LogP contribution in [0.4, 0.5) is 4.39 Å². The molecule has 0 atom stereocenters. The number of aryl methyl sites for hydroxylation is 1. The van der Waals surface area contributed by atoms with E-state index in [0.717, 1.165) is 29.6 Å². The lowest BCUT2D eigenvalue weighted by molar-refractivity contribution is 0.607. The lowest BCUT2D eigenvalue weighted by Gasteiger charge is -2.08. The Morgan fingerprint density at radius 3 is 2.78 bits per heavy atom. The number of aromatic nitrogens is 2. The van der Waals surface area contributed by atoms with E-state index in [1.807, 2.05) is 0 Å². The summed E-state index contributed by atoms with van der Waals surface area (Å²) in [5, 5.41) is 4.89. The molecular formula is C13H11BrClFN2. The first-order valence-corrected chi connectivity index (χ1v) is 7.05. The van der Waals surface area contributed by atoms with Gasteiger partial charge in [0.25, 0.3) is 0 Å². The van der Waals surface area contributed by atoms with Crippen molar-refractivity contribution in [1.82, 2.24) is 9.78 Å². The van der Waals surface area contributed by atoms with Gasteiger partial charge in [-0.25, -0.2) is 9.07 Å². The van der Waals surface area contributed by atoms with E-state index in [0.29, 0.717) is 10.7 Å². The summed E-state index contributed by atoms with van der Waals surface area (Å²) in [5.41, 5.74) is 2.71. The second kappa shape index (κ2) is 4.67. The summed E-state index contributed by atoms with van der Waals surface area (Å²) in [6.45, 7) is 0. The first kappa shape index (κ1) is 12.2. The second-order valence-corrected chi connectivity index (χ2v) is 5.62. The van der Waals surface area contributed by atoms with Gasteiger partial charge in [0.15, 0.2) is 0 Å². The first-order valence-electron chi connectivity index (χ1n) is 5.88. The number of hydrogen-bond acceptors (Lipinski definition) is 1. The molecule has 0 fully saturated rings. The molecule has 2 nitrogen and oxygen atoms in total. The van der Waals surface area contributed by atoms with Crippen LogP contribution < -0.4 is 0 Å². The number of rotatable bonds is 1. The third kappa shape index (κ3) is 1.97. The van der Waals surface area contributed by atoms with Gasteiger partial charge < -0.3 is 0 Å². The van der Waals surface area contributed by atoms with Gasteiger partial charge in [-0.2, -0.15) is 5.10 Å². The highest BCUT2D eigenvalue weighted by molar-refractivity contribution is 9.10. The van der Waals surface area contributed by atoms with Crippen LogP contribution in [-0.4, -0.2) is 9.78 Å². The van der Waals surface area contributed by atoms with E-state index >= 15 is 0 Å². The lowest BCUT2D eigenvalue weighted by atomic mass is 9.99. The van der Waals surface area contributed by atoms with Crippen LogP contribution in [0.2, 0.25) is 5.02 Å². The van der Waals surface area contributed by atoms with Gasteiger partial charge >= 0.3 is 0 Å². The Bertz CT molecular complexity index is 609. The Balaban J connectivity index is 2.14. The number of nitrogens with zero attached hydrogens (tertiary/aromatic N) is 2. The highest BCUT2D eigenvalue weighted by Crippen LogP contribution is 2.31. The van der Waals surface area contributed by atoms with Crippen molar-refractivity contribution in [3.05, 3.63) is 44.9 Å². The maximum atomic E-state index is 13.9. The zero-order chi connectivity index (χ0) is 12.7. The minimum atomic E-state index is -0.358. The van der Waals surface area contributed by atoms with E-state index in [-0.39, 0.29) is 5.82 Å². The normalized spacial score (nSPS) is 14.6. The third-order valence-electron chi connectivity index (χ3n) is 3.23. The average Bonchev–Trinajstić information content (AvgIpc) is 2.68. The van der Waals surface area contributed by atoms with Gasteiger partial charge in [0.05, 0.1) is 5.69 Å². The van der Waals surface area contributed by atoms with E-state index in [9.17, 15) is 4.39 Å². The summed E-state index contributed by atoms with van der Waals surface area (Å²) in [5.74, 6) is -0.358. The monoisotopic (exact) mass is 328 g/mol. The molecule has 0 bridgehead atoms. The van der Waals surface area contributed by atoms with Crippen molar-refractivity contribution >= 4 is 27.5 Å². The van der Waals surface area contributed by atoms with E-state index in [2.05, 4.69) is 21.0 Å². The smallest absolute Gasteiger partial charge is 0.150 e. The summed E-state index contributed by atoms with van der Waals surface area (Å²) in [6, 6.07) is 4.64. The van der Waals surface area contributed by atoms with E-state index in [4.69, 9.17) is 11.6 Å². The van der Waals surface area contributed by atoms with Gasteiger partial charge in [-0.3, -0.25) is 0 Å². The van der Waals surface area contributed by atoms with Crippen molar-refractivity contribution in [2.45, 2.75) is 25.7 Å². The molecule has 0 saturated carbocycles. The Labute approximate surface area is 118 Å². The quantitative estimate of drug-likeness (QED) is 0.762. The van der Waals surface area contributed by atoms with Crippen molar-refractivity contribution in [2.75, 3.05) is 0 Å². The molecular weight excluding hydrogens is 319 g/mol. The van der Waals surface area contributed by atoms with Crippen molar-refractivity contribution in [3.63, 3.8) is 0 Å². The molecule has 0 unspecified atom stereocenters. The highest BCUT2D eigenvalue weighted by Gasteiger charge is 2.21.